The molecule has 0 saturated carbocycles. The Morgan fingerprint density at radius 3 is 2.17 bits per heavy atom. The molecular formula is C16H26N4O3. The highest BCUT2D eigenvalue weighted by atomic mass is 16.5. The van der Waals surface area contributed by atoms with E-state index in [4.69, 9.17) is 4.74 Å². The lowest BCUT2D eigenvalue weighted by atomic mass is 10.2. The van der Waals surface area contributed by atoms with E-state index >= 15 is 0 Å². The van der Waals surface area contributed by atoms with E-state index in [1.54, 1.807) is 25.3 Å². The number of nitrogens with one attached hydrogen (secondary N) is 2. The normalized spacial score (nSPS) is 10.6. The van der Waals surface area contributed by atoms with E-state index in [9.17, 15) is 9.59 Å². The number of hydrogen-bond acceptors (Lipinski definition) is 5. The molecule has 0 spiro atoms. The van der Waals surface area contributed by atoms with Crippen LogP contribution in [0.4, 0.5) is 0 Å². The van der Waals surface area contributed by atoms with E-state index < -0.39 is 0 Å². The largest absolute Gasteiger partial charge is 0.385 e. The second-order valence-corrected chi connectivity index (χ2v) is 5.42. The summed E-state index contributed by atoms with van der Waals surface area (Å²) >= 11 is 0. The van der Waals surface area contributed by atoms with Gasteiger partial charge in [-0.15, -0.1) is 0 Å². The predicted octanol–water partition coefficient (Wildman–Crippen LogP) is 0.529. The molecule has 0 aliphatic heterocycles. The molecule has 2 amide bonds. The van der Waals surface area contributed by atoms with Gasteiger partial charge in [0, 0.05) is 26.8 Å². The van der Waals surface area contributed by atoms with Gasteiger partial charge >= 0.3 is 0 Å². The molecule has 7 nitrogen and oxygen atoms in total. The van der Waals surface area contributed by atoms with Crippen LogP contribution < -0.4 is 10.6 Å². The highest BCUT2D eigenvalue weighted by molar-refractivity contribution is 5.96. The number of hydrogen-bond donors (Lipinski definition) is 2. The maximum atomic E-state index is 12.0. The summed E-state index contributed by atoms with van der Waals surface area (Å²) in [6.45, 7) is 2.57. The Morgan fingerprint density at radius 2 is 1.65 bits per heavy atom. The number of carbonyl (C=O) groups is 2. The molecule has 0 unspecified atom stereocenters. The molecule has 1 rings (SSSR count). The number of nitrogens with zero attached hydrogens (tertiary/aromatic N) is 2. The molecule has 2 N–H and O–H groups in total. The molecule has 0 atom stereocenters. The third-order valence-corrected chi connectivity index (χ3v) is 3.09. The Hall–Kier alpha value is -1.99. The Bertz CT molecular complexity index is 506. The van der Waals surface area contributed by atoms with E-state index in [2.05, 4.69) is 20.5 Å². The minimum absolute atomic E-state index is 0.239. The van der Waals surface area contributed by atoms with Crippen LogP contribution in [-0.4, -0.2) is 69.1 Å². The number of aromatic nitrogens is 1. The van der Waals surface area contributed by atoms with Crippen LogP contribution in [0.15, 0.2) is 18.2 Å². The average Bonchev–Trinajstić information content (AvgIpc) is 2.55. The van der Waals surface area contributed by atoms with E-state index in [1.165, 1.54) is 0 Å². The van der Waals surface area contributed by atoms with Gasteiger partial charge in [-0.05, 0) is 45.6 Å². The lowest BCUT2D eigenvalue weighted by molar-refractivity contribution is 0.0941. The number of ether oxygens (including phenoxy) is 1. The molecule has 0 bridgehead atoms. The highest BCUT2D eigenvalue weighted by Gasteiger charge is 2.11. The van der Waals surface area contributed by atoms with Crippen LogP contribution in [0.25, 0.3) is 0 Å². The molecular weight excluding hydrogens is 296 g/mol. The zero-order valence-corrected chi connectivity index (χ0v) is 14.1. The van der Waals surface area contributed by atoms with Crippen molar-refractivity contribution in [1.29, 1.82) is 0 Å². The molecule has 0 aliphatic carbocycles. The Morgan fingerprint density at radius 1 is 1.09 bits per heavy atom. The summed E-state index contributed by atoms with van der Waals surface area (Å²) in [6.07, 6.45) is 1.59. The van der Waals surface area contributed by atoms with Crippen molar-refractivity contribution in [2.75, 3.05) is 47.4 Å². The average molecular weight is 322 g/mol. The standard InChI is InChI=1S/C16H26N4O3/c1-20(2)11-5-9-17-15(21)13-7-4-8-14(19-13)16(22)18-10-6-12-23-3/h4,7-8H,5-6,9-12H2,1-3H3,(H,17,21)(H,18,22). The minimum Gasteiger partial charge on any atom is -0.385 e. The zero-order chi connectivity index (χ0) is 17.1. The summed E-state index contributed by atoms with van der Waals surface area (Å²) in [5.41, 5.74) is 0.489. The third kappa shape index (κ3) is 7.71. The van der Waals surface area contributed by atoms with Crippen molar-refractivity contribution in [1.82, 2.24) is 20.5 Å². The molecule has 1 aromatic heterocycles. The van der Waals surface area contributed by atoms with Crippen molar-refractivity contribution in [3.8, 4) is 0 Å². The van der Waals surface area contributed by atoms with Crippen molar-refractivity contribution < 1.29 is 14.3 Å². The monoisotopic (exact) mass is 322 g/mol. The molecule has 1 aromatic rings. The van der Waals surface area contributed by atoms with E-state index in [0.29, 0.717) is 19.7 Å². The van der Waals surface area contributed by atoms with Gasteiger partial charge in [-0.25, -0.2) is 4.98 Å². The topological polar surface area (TPSA) is 83.6 Å². The quantitative estimate of drug-likeness (QED) is 0.614. The SMILES string of the molecule is COCCCNC(=O)c1cccc(C(=O)NCCCN(C)C)n1. The molecule has 7 heteroatoms. The van der Waals surface area contributed by atoms with E-state index in [-0.39, 0.29) is 23.2 Å². The maximum absolute atomic E-state index is 12.0. The van der Waals surface area contributed by atoms with Gasteiger partial charge in [-0.1, -0.05) is 6.07 Å². The summed E-state index contributed by atoms with van der Waals surface area (Å²) < 4.78 is 4.92. The van der Waals surface area contributed by atoms with Crippen LogP contribution in [0, 0.1) is 0 Å². The zero-order valence-electron chi connectivity index (χ0n) is 14.1. The fraction of sp³-hybridized carbons (Fsp3) is 0.562. The van der Waals surface area contributed by atoms with Crippen LogP contribution in [-0.2, 0) is 4.74 Å². The lowest BCUT2D eigenvalue weighted by Crippen LogP contribution is -2.29. The first-order valence-corrected chi connectivity index (χ1v) is 7.71. The second kappa shape index (κ2) is 10.7. The molecule has 0 saturated heterocycles. The Balaban J connectivity index is 2.48. The first-order chi connectivity index (χ1) is 11.0. The summed E-state index contributed by atoms with van der Waals surface area (Å²) in [5, 5.41) is 5.55. The molecule has 0 aliphatic rings. The van der Waals surface area contributed by atoms with Crippen LogP contribution in [0.3, 0.4) is 0 Å². The number of carbonyl (C=O) groups excluding carboxylic acids is 2. The Kier molecular flexibility index (Phi) is 8.86. The summed E-state index contributed by atoms with van der Waals surface area (Å²) in [4.78, 5) is 30.2. The van der Waals surface area contributed by atoms with Gasteiger partial charge in [-0.3, -0.25) is 9.59 Å². The molecule has 0 fully saturated rings. The highest BCUT2D eigenvalue weighted by Crippen LogP contribution is 2.00. The summed E-state index contributed by atoms with van der Waals surface area (Å²) in [5.74, 6) is -0.554. The Labute approximate surface area is 137 Å². The number of amides is 2. The third-order valence-electron chi connectivity index (χ3n) is 3.09. The van der Waals surface area contributed by atoms with Gasteiger partial charge in [0.05, 0.1) is 0 Å². The van der Waals surface area contributed by atoms with E-state index in [1.807, 2.05) is 14.1 Å². The van der Waals surface area contributed by atoms with E-state index in [0.717, 1.165) is 19.4 Å². The van der Waals surface area contributed by atoms with Gasteiger partial charge in [-0.2, -0.15) is 0 Å². The van der Waals surface area contributed by atoms with Crippen molar-refractivity contribution in [3.05, 3.63) is 29.6 Å². The van der Waals surface area contributed by atoms with Crippen LogP contribution in [0.5, 0.6) is 0 Å². The molecule has 0 radical (unpaired) electrons. The first-order valence-electron chi connectivity index (χ1n) is 7.71. The van der Waals surface area contributed by atoms with Crippen LogP contribution in [0.1, 0.15) is 33.8 Å². The molecule has 128 valence electrons. The van der Waals surface area contributed by atoms with Crippen molar-refractivity contribution in [2.24, 2.45) is 0 Å². The number of rotatable bonds is 10. The lowest BCUT2D eigenvalue weighted by Gasteiger charge is -2.10. The van der Waals surface area contributed by atoms with Gasteiger partial charge in [0.2, 0.25) is 0 Å². The fourth-order valence-corrected chi connectivity index (χ4v) is 1.88. The maximum Gasteiger partial charge on any atom is 0.269 e. The van der Waals surface area contributed by atoms with Crippen molar-refractivity contribution in [3.63, 3.8) is 0 Å². The van der Waals surface area contributed by atoms with Crippen molar-refractivity contribution in [2.45, 2.75) is 12.8 Å². The first kappa shape index (κ1) is 19.1. The second-order valence-electron chi connectivity index (χ2n) is 5.42. The smallest absolute Gasteiger partial charge is 0.269 e. The van der Waals surface area contributed by atoms with Crippen LogP contribution in [0.2, 0.25) is 0 Å². The minimum atomic E-state index is -0.289. The fourth-order valence-electron chi connectivity index (χ4n) is 1.88. The number of methoxy groups -OCH3 is 1. The van der Waals surface area contributed by atoms with Gasteiger partial charge in [0.25, 0.3) is 11.8 Å². The molecule has 1 heterocycles. The number of pyridine rings is 1. The van der Waals surface area contributed by atoms with Crippen molar-refractivity contribution >= 4 is 11.8 Å². The summed E-state index contributed by atoms with van der Waals surface area (Å²) in [7, 11) is 5.58. The predicted molar refractivity (Wildman–Crippen MR) is 88.6 cm³/mol. The molecule has 0 aromatic carbocycles. The van der Waals surface area contributed by atoms with Gasteiger partial charge < -0.3 is 20.3 Å². The van der Waals surface area contributed by atoms with Crippen LogP contribution >= 0.6 is 0 Å². The summed E-state index contributed by atoms with van der Waals surface area (Å²) in [6, 6.07) is 4.85. The van der Waals surface area contributed by atoms with Gasteiger partial charge in [0.1, 0.15) is 11.4 Å². The molecule has 23 heavy (non-hydrogen) atoms. The van der Waals surface area contributed by atoms with Gasteiger partial charge in [0.15, 0.2) is 0 Å².